The van der Waals surface area contributed by atoms with E-state index in [4.69, 9.17) is 9.47 Å². The van der Waals surface area contributed by atoms with Crippen LogP contribution in [0.5, 0.6) is 11.5 Å². The smallest absolute Gasteiger partial charge is 0.412 e. The molecule has 156 valence electrons. The first-order chi connectivity index (χ1) is 13.5. The summed E-state index contributed by atoms with van der Waals surface area (Å²) in [6, 6.07) is 11.8. The van der Waals surface area contributed by atoms with Crippen molar-refractivity contribution in [2.45, 2.75) is 32.9 Å². The summed E-state index contributed by atoms with van der Waals surface area (Å²) >= 11 is 0. The highest BCUT2D eigenvalue weighted by Crippen LogP contribution is 2.33. The number of carbonyl (C=O) groups excluding carboxylic acids is 1. The Morgan fingerprint density at radius 2 is 1.79 bits per heavy atom. The molecule has 0 bridgehead atoms. The van der Waals surface area contributed by atoms with Crippen LogP contribution in [0.25, 0.3) is 6.08 Å². The number of amides is 1. The first kappa shape index (κ1) is 22.4. The van der Waals surface area contributed by atoms with Gasteiger partial charge in [-0.15, -0.1) is 0 Å². The molecular weight excluding hydrogens is 378 g/mol. The van der Waals surface area contributed by atoms with E-state index in [0.717, 1.165) is 11.6 Å². The zero-order valence-corrected chi connectivity index (χ0v) is 17.3. The van der Waals surface area contributed by atoms with Crippen LogP contribution in [0.4, 0.5) is 19.3 Å². The van der Waals surface area contributed by atoms with Crippen LogP contribution in [0.2, 0.25) is 0 Å². The summed E-state index contributed by atoms with van der Waals surface area (Å²) in [4.78, 5) is 14.0. The van der Waals surface area contributed by atoms with Gasteiger partial charge < -0.3 is 14.4 Å². The predicted molar refractivity (Wildman–Crippen MR) is 110 cm³/mol. The second kappa shape index (κ2) is 9.52. The van der Waals surface area contributed by atoms with Gasteiger partial charge in [-0.3, -0.25) is 5.32 Å². The molecule has 2 aromatic rings. The monoisotopic (exact) mass is 404 g/mol. The van der Waals surface area contributed by atoms with Gasteiger partial charge in [0.25, 0.3) is 6.08 Å². The van der Waals surface area contributed by atoms with Crippen molar-refractivity contribution in [3.05, 3.63) is 59.7 Å². The van der Waals surface area contributed by atoms with Crippen molar-refractivity contribution in [3.63, 3.8) is 0 Å². The summed E-state index contributed by atoms with van der Waals surface area (Å²) in [5.41, 5.74) is 0.927. The number of hydrogen-bond acceptors (Lipinski definition) is 4. The number of halogens is 2. The molecule has 0 unspecified atom stereocenters. The van der Waals surface area contributed by atoms with E-state index in [1.165, 1.54) is 0 Å². The van der Waals surface area contributed by atoms with Gasteiger partial charge in [-0.1, -0.05) is 18.2 Å². The molecule has 0 spiro atoms. The number of nitrogens with one attached hydrogen (secondary N) is 1. The van der Waals surface area contributed by atoms with Crippen molar-refractivity contribution in [3.8, 4) is 11.5 Å². The molecule has 0 heterocycles. The van der Waals surface area contributed by atoms with Crippen molar-refractivity contribution >= 4 is 17.9 Å². The Hall–Kier alpha value is -2.93. The molecule has 7 heteroatoms. The molecule has 2 rings (SSSR count). The maximum absolute atomic E-state index is 12.6. The van der Waals surface area contributed by atoms with Crippen molar-refractivity contribution in [2.24, 2.45) is 0 Å². The number of nitrogens with zero attached hydrogens (tertiary/aromatic N) is 1. The van der Waals surface area contributed by atoms with E-state index in [1.54, 1.807) is 63.2 Å². The molecule has 0 aromatic heterocycles. The van der Waals surface area contributed by atoms with E-state index in [0.29, 0.717) is 29.3 Å². The molecule has 5 nitrogen and oxygen atoms in total. The Kier molecular flexibility index (Phi) is 7.34. The van der Waals surface area contributed by atoms with Crippen LogP contribution in [0.15, 0.2) is 48.5 Å². The number of para-hydroxylation sites is 2. The second-order valence-electron chi connectivity index (χ2n) is 7.76. The molecule has 0 aliphatic heterocycles. The van der Waals surface area contributed by atoms with Gasteiger partial charge in [0.2, 0.25) is 0 Å². The Balaban J connectivity index is 2.31. The number of hydrogen-bond donors (Lipinski definition) is 1. The van der Waals surface area contributed by atoms with E-state index in [1.807, 2.05) is 19.0 Å². The molecular formula is C22H26F2N2O3. The van der Waals surface area contributed by atoms with Gasteiger partial charge in [-0.2, -0.15) is 8.78 Å². The van der Waals surface area contributed by atoms with Crippen LogP contribution in [-0.4, -0.2) is 30.7 Å². The fourth-order valence-corrected chi connectivity index (χ4v) is 2.57. The van der Waals surface area contributed by atoms with E-state index in [9.17, 15) is 13.6 Å². The minimum atomic E-state index is -1.76. The third-order valence-electron chi connectivity index (χ3n) is 3.59. The third-order valence-corrected chi connectivity index (χ3v) is 3.59. The van der Waals surface area contributed by atoms with Gasteiger partial charge in [-0.25, -0.2) is 4.79 Å². The first-order valence-electron chi connectivity index (χ1n) is 9.11. The Morgan fingerprint density at radius 1 is 1.10 bits per heavy atom. The molecule has 0 saturated carbocycles. The van der Waals surface area contributed by atoms with Gasteiger partial charge in [0, 0.05) is 18.2 Å². The molecule has 0 saturated heterocycles. The van der Waals surface area contributed by atoms with E-state index in [2.05, 4.69) is 5.32 Å². The average molecular weight is 404 g/mol. The highest BCUT2D eigenvalue weighted by Gasteiger charge is 2.18. The molecule has 29 heavy (non-hydrogen) atoms. The fraction of sp³-hybridized carbons (Fsp3) is 0.318. The summed E-state index contributed by atoms with van der Waals surface area (Å²) in [6.07, 6.45) is -1.55. The fourth-order valence-electron chi connectivity index (χ4n) is 2.57. The summed E-state index contributed by atoms with van der Waals surface area (Å²) in [5, 5.41) is 2.68. The summed E-state index contributed by atoms with van der Waals surface area (Å²) in [6.45, 7) is 5.82. The van der Waals surface area contributed by atoms with Crippen LogP contribution in [0.1, 0.15) is 31.9 Å². The molecule has 0 aliphatic rings. The molecule has 0 fully saturated rings. The highest BCUT2D eigenvalue weighted by atomic mass is 19.3. The standard InChI is InChI=1S/C22H26F2N2O3/c1-22(2,3)29-21(27)25-17-8-6-7-9-19(17)28-18-11-10-15(13-20(23)24)12-16(18)14-26(4)5/h6-13H,14H2,1-5H3,(H,25,27). The van der Waals surface area contributed by atoms with E-state index >= 15 is 0 Å². The van der Waals surface area contributed by atoms with Crippen LogP contribution < -0.4 is 10.1 Å². The summed E-state index contributed by atoms with van der Waals surface area (Å²) in [5.74, 6) is 0.923. The Labute approximate surface area is 169 Å². The van der Waals surface area contributed by atoms with E-state index < -0.39 is 17.8 Å². The zero-order valence-electron chi connectivity index (χ0n) is 17.3. The molecule has 0 atom stereocenters. The van der Waals surface area contributed by atoms with Crippen molar-refractivity contribution in [1.82, 2.24) is 4.90 Å². The third kappa shape index (κ3) is 7.54. The first-order valence-corrected chi connectivity index (χ1v) is 9.11. The average Bonchev–Trinajstić information content (AvgIpc) is 2.56. The molecule has 1 N–H and O–H groups in total. The number of rotatable bonds is 6. The molecule has 0 radical (unpaired) electrons. The number of benzene rings is 2. The van der Waals surface area contributed by atoms with Crippen molar-refractivity contribution in [2.75, 3.05) is 19.4 Å². The lowest BCUT2D eigenvalue weighted by molar-refractivity contribution is 0.0635. The maximum atomic E-state index is 12.6. The number of carbonyl (C=O) groups is 1. The van der Waals surface area contributed by atoms with Gasteiger partial charge in [-0.05, 0) is 64.7 Å². The SMILES string of the molecule is CN(C)Cc1cc(C=C(F)F)ccc1Oc1ccccc1NC(=O)OC(C)(C)C. The van der Waals surface area contributed by atoms with Crippen molar-refractivity contribution in [1.29, 1.82) is 0 Å². The lowest BCUT2D eigenvalue weighted by atomic mass is 10.1. The zero-order chi connectivity index (χ0) is 21.6. The normalized spacial score (nSPS) is 11.2. The molecule has 2 aromatic carbocycles. The van der Waals surface area contributed by atoms with Gasteiger partial charge in [0.1, 0.15) is 11.4 Å². The predicted octanol–water partition coefficient (Wildman–Crippen LogP) is 6.12. The molecule has 1 amide bonds. The summed E-state index contributed by atoms with van der Waals surface area (Å²) in [7, 11) is 3.75. The largest absolute Gasteiger partial charge is 0.455 e. The Morgan fingerprint density at radius 3 is 2.41 bits per heavy atom. The number of anilines is 1. The Bertz CT molecular complexity index is 886. The van der Waals surface area contributed by atoms with Crippen LogP contribution in [-0.2, 0) is 11.3 Å². The minimum Gasteiger partial charge on any atom is -0.455 e. The number of ether oxygens (including phenoxy) is 2. The van der Waals surface area contributed by atoms with Crippen molar-refractivity contribution < 1.29 is 23.0 Å². The lowest BCUT2D eigenvalue weighted by Crippen LogP contribution is -2.27. The lowest BCUT2D eigenvalue weighted by Gasteiger charge is -2.21. The highest BCUT2D eigenvalue weighted by molar-refractivity contribution is 5.87. The molecule has 0 aliphatic carbocycles. The van der Waals surface area contributed by atoms with Crippen LogP contribution in [0.3, 0.4) is 0 Å². The van der Waals surface area contributed by atoms with Gasteiger partial charge in [0.15, 0.2) is 5.75 Å². The van der Waals surface area contributed by atoms with Gasteiger partial charge in [0.05, 0.1) is 5.69 Å². The summed E-state index contributed by atoms with van der Waals surface area (Å²) < 4.78 is 36.6. The topological polar surface area (TPSA) is 50.8 Å². The maximum Gasteiger partial charge on any atom is 0.412 e. The quantitative estimate of drug-likeness (QED) is 0.630. The van der Waals surface area contributed by atoms with Crippen LogP contribution >= 0.6 is 0 Å². The van der Waals surface area contributed by atoms with Crippen LogP contribution in [0, 0.1) is 0 Å². The van der Waals surface area contributed by atoms with Gasteiger partial charge >= 0.3 is 6.09 Å². The van der Waals surface area contributed by atoms with E-state index in [-0.39, 0.29) is 0 Å². The second-order valence-corrected chi connectivity index (χ2v) is 7.76. The minimum absolute atomic E-state index is 0.384.